The number of hydrogen-bond donors (Lipinski definition) is 1. The molecule has 0 aromatic heterocycles. The van der Waals surface area contributed by atoms with Gasteiger partial charge >= 0.3 is 0 Å². The van der Waals surface area contributed by atoms with Gasteiger partial charge in [-0.15, -0.1) is 0 Å². The van der Waals surface area contributed by atoms with E-state index in [0.29, 0.717) is 28.3 Å². The molecule has 9 heteroatoms. The molecule has 3 aromatic rings. The van der Waals surface area contributed by atoms with Crippen LogP contribution >= 0.6 is 12.2 Å². The van der Waals surface area contributed by atoms with Crippen LogP contribution in [0.25, 0.3) is 6.08 Å². The van der Waals surface area contributed by atoms with Crippen molar-refractivity contribution >= 4 is 46.8 Å². The number of rotatable bonds is 7. The van der Waals surface area contributed by atoms with Gasteiger partial charge in [0.25, 0.3) is 17.7 Å². The number of piperidine rings is 1. The number of carbonyl (C=O) groups is 3. The SMILES string of the molecule is COc1cc(/C=C2\C(=O)NC(=S)N(c3cccc(C)c3)C2=O)ccc1OCc1ccc(C(=O)N2CCCCC2)cc1. The first-order valence-electron chi connectivity index (χ1n) is 13.5. The number of anilines is 1. The molecule has 2 fully saturated rings. The predicted octanol–water partition coefficient (Wildman–Crippen LogP) is 5.04. The fraction of sp³-hybridized carbons (Fsp3) is 0.250. The molecule has 0 spiro atoms. The number of amides is 3. The number of carbonyl (C=O) groups excluding carboxylic acids is 3. The van der Waals surface area contributed by atoms with Crippen LogP contribution in [0.5, 0.6) is 11.5 Å². The molecule has 210 valence electrons. The van der Waals surface area contributed by atoms with Crippen LogP contribution in [0.3, 0.4) is 0 Å². The Balaban J connectivity index is 1.29. The van der Waals surface area contributed by atoms with Crippen LogP contribution in [-0.2, 0) is 16.2 Å². The fourth-order valence-corrected chi connectivity index (χ4v) is 5.18. The van der Waals surface area contributed by atoms with Crippen LogP contribution in [-0.4, -0.2) is 47.9 Å². The van der Waals surface area contributed by atoms with Crippen LogP contribution in [0.15, 0.2) is 72.3 Å². The van der Waals surface area contributed by atoms with E-state index in [1.54, 1.807) is 24.3 Å². The number of hydrogen-bond acceptors (Lipinski definition) is 6. The minimum absolute atomic E-state index is 0.0352. The van der Waals surface area contributed by atoms with Crippen molar-refractivity contribution in [1.29, 1.82) is 0 Å². The third kappa shape index (κ3) is 6.30. The van der Waals surface area contributed by atoms with E-state index >= 15 is 0 Å². The molecule has 2 aliphatic rings. The Kier molecular flexibility index (Phi) is 8.45. The van der Waals surface area contributed by atoms with Crippen molar-refractivity contribution in [3.05, 3.63) is 94.6 Å². The van der Waals surface area contributed by atoms with Gasteiger partial charge in [-0.1, -0.05) is 30.3 Å². The fourth-order valence-electron chi connectivity index (χ4n) is 4.90. The Morgan fingerprint density at radius 3 is 2.44 bits per heavy atom. The van der Waals surface area contributed by atoms with Crippen molar-refractivity contribution in [1.82, 2.24) is 10.2 Å². The molecular formula is C32H31N3O5S. The highest BCUT2D eigenvalue weighted by Gasteiger charge is 2.34. The zero-order valence-electron chi connectivity index (χ0n) is 23.0. The van der Waals surface area contributed by atoms with Crippen molar-refractivity contribution in [3.63, 3.8) is 0 Å². The second-order valence-corrected chi connectivity index (χ2v) is 10.4. The smallest absolute Gasteiger partial charge is 0.270 e. The third-order valence-electron chi connectivity index (χ3n) is 7.10. The second-order valence-electron chi connectivity index (χ2n) is 10.0. The minimum atomic E-state index is -0.564. The summed E-state index contributed by atoms with van der Waals surface area (Å²) < 4.78 is 11.5. The first-order chi connectivity index (χ1) is 19.8. The van der Waals surface area contributed by atoms with Gasteiger partial charge in [0.2, 0.25) is 0 Å². The van der Waals surface area contributed by atoms with Gasteiger partial charge in [0.15, 0.2) is 16.6 Å². The van der Waals surface area contributed by atoms with Crippen molar-refractivity contribution < 1.29 is 23.9 Å². The highest BCUT2D eigenvalue weighted by molar-refractivity contribution is 7.80. The summed E-state index contributed by atoms with van der Waals surface area (Å²) in [5.74, 6) is -0.0511. The van der Waals surface area contributed by atoms with Gasteiger partial charge in [0.05, 0.1) is 12.8 Å². The molecule has 0 bridgehead atoms. The molecule has 5 rings (SSSR count). The number of nitrogens with zero attached hydrogens (tertiary/aromatic N) is 2. The maximum atomic E-state index is 13.3. The minimum Gasteiger partial charge on any atom is -0.493 e. The highest BCUT2D eigenvalue weighted by atomic mass is 32.1. The largest absolute Gasteiger partial charge is 0.493 e. The Morgan fingerprint density at radius 1 is 0.976 bits per heavy atom. The van der Waals surface area contributed by atoms with E-state index in [4.69, 9.17) is 21.7 Å². The quantitative estimate of drug-likeness (QED) is 0.244. The van der Waals surface area contributed by atoms with Crippen molar-refractivity contribution in [2.75, 3.05) is 25.1 Å². The molecule has 0 unspecified atom stereocenters. The number of likely N-dealkylation sites (tertiary alicyclic amines) is 1. The lowest BCUT2D eigenvalue weighted by molar-refractivity contribution is -0.122. The number of nitrogens with one attached hydrogen (secondary N) is 1. The van der Waals surface area contributed by atoms with Gasteiger partial charge in [0, 0.05) is 18.7 Å². The molecule has 3 aromatic carbocycles. The summed E-state index contributed by atoms with van der Waals surface area (Å²) in [6, 6.07) is 20.0. The molecule has 0 saturated carbocycles. The van der Waals surface area contributed by atoms with Crippen LogP contribution in [0, 0.1) is 6.92 Å². The Hall–Kier alpha value is -4.50. The maximum absolute atomic E-state index is 13.3. The first-order valence-corrected chi connectivity index (χ1v) is 13.9. The molecular weight excluding hydrogens is 538 g/mol. The summed E-state index contributed by atoms with van der Waals surface area (Å²) in [5, 5.41) is 2.64. The summed E-state index contributed by atoms with van der Waals surface area (Å²) >= 11 is 5.29. The summed E-state index contributed by atoms with van der Waals surface area (Å²) in [4.78, 5) is 42.0. The van der Waals surface area contributed by atoms with Crippen LogP contribution in [0.4, 0.5) is 5.69 Å². The van der Waals surface area contributed by atoms with E-state index in [1.165, 1.54) is 24.5 Å². The molecule has 2 aliphatic heterocycles. The molecule has 3 amide bonds. The third-order valence-corrected chi connectivity index (χ3v) is 7.38. The van der Waals surface area contributed by atoms with Crippen LogP contribution in [0.1, 0.15) is 46.3 Å². The standard InChI is InChI=1S/C32H31N3O5S/c1-21-7-6-8-25(17-21)35-31(38)26(29(36)33-32(35)41)18-23-11-14-27(28(19-23)39-2)40-20-22-9-12-24(13-10-22)30(37)34-15-4-3-5-16-34/h6-14,17-19H,3-5,15-16,20H2,1-2H3,(H,33,36,41)/b26-18+. The monoisotopic (exact) mass is 569 g/mol. The van der Waals surface area contributed by atoms with Gasteiger partial charge < -0.3 is 14.4 Å². The van der Waals surface area contributed by atoms with Gasteiger partial charge in [-0.2, -0.15) is 0 Å². The van der Waals surface area contributed by atoms with Crippen molar-refractivity contribution in [2.24, 2.45) is 0 Å². The predicted molar refractivity (Wildman–Crippen MR) is 161 cm³/mol. The van der Waals surface area contributed by atoms with E-state index in [9.17, 15) is 14.4 Å². The molecule has 0 atom stereocenters. The average molecular weight is 570 g/mol. The van der Waals surface area contributed by atoms with Gasteiger partial charge in [-0.3, -0.25) is 24.6 Å². The first kappa shape index (κ1) is 28.0. The number of methoxy groups -OCH3 is 1. The number of thiocarbonyl (C=S) groups is 1. The topological polar surface area (TPSA) is 88.2 Å². The molecule has 41 heavy (non-hydrogen) atoms. The van der Waals surface area contributed by atoms with Crippen LogP contribution in [0.2, 0.25) is 0 Å². The van der Waals surface area contributed by atoms with E-state index in [-0.39, 0.29) is 23.2 Å². The molecule has 2 saturated heterocycles. The van der Waals surface area contributed by atoms with Crippen LogP contribution < -0.4 is 19.7 Å². The van der Waals surface area contributed by atoms with Gasteiger partial charge in [-0.25, -0.2) is 0 Å². The average Bonchev–Trinajstić information content (AvgIpc) is 2.98. The lowest BCUT2D eigenvalue weighted by Gasteiger charge is -2.29. The summed E-state index contributed by atoms with van der Waals surface area (Å²) in [6.45, 7) is 3.82. The molecule has 0 radical (unpaired) electrons. The number of ether oxygens (including phenoxy) is 2. The van der Waals surface area contributed by atoms with E-state index in [1.807, 2.05) is 54.3 Å². The van der Waals surface area contributed by atoms with Gasteiger partial charge in [-0.05, 0) is 97.6 Å². The lowest BCUT2D eigenvalue weighted by Crippen LogP contribution is -2.54. The summed E-state index contributed by atoms with van der Waals surface area (Å²) in [5.41, 5.74) is 3.66. The Bertz CT molecular complexity index is 1530. The van der Waals surface area contributed by atoms with Gasteiger partial charge in [0.1, 0.15) is 12.2 Å². The zero-order valence-corrected chi connectivity index (χ0v) is 23.8. The Labute approximate surface area is 244 Å². The molecule has 8 nitrogen and oxygen atoms in total. The summed E-state index contributed by atoms with van der Waals surface area (Å²) in [7, 11) is 1.52. The zero-order chi connectivity index (χ0) is 28.9. The molecule has 0 aliphatic carbocycles. The number of benzene rings is 3. The molecule has 2 heterocycles. The van der Waals surface area contributed by atoms with Crippen molar-refractivity contribution in [3.8, 4) is 11.5 Å². The lowest BCUT2D eigenvalue weighted by atomic mass is 10.1. The van der Waals surface area contributed by atoms with E-state index < -0.39 is 11.8 Å². The van der Waals surface area contributed by atoms with E-state index in [0.717, 1.165) is 37.1 Å². The normalized spacial score (nSPS) is 16.5. The maximum Gasteiger partial charge on any atom is 0.270 e. The molecule has 1 N–H and O–H groups in total. The Morgan fingerprint density at radius 2 is 1.73 bits per heavy atom. The number of aryl methyl sites for hydroxylation is 1. The highest BCUT2D eigenvalue weighted by Crippen LogP contribution is 2.31. The van der Waals surface area contributed by atoms with Crippen molar-refractivity contribution in [2.45, 2.75) is 32.8 Å². The van der Waals surface area contributed by atoms with E-state index in [2.05, 4.69) is 5.32 Å². The second kappa shape index (κ2) is 12.3. The summed E-state index contributed by atoms with van der Waals surface area (Å²) in [6.07, 6.45) is 4.79.